The van der Waals surface area contributed by atoms with Gasteiger partial charge in [-0.3, -0.25) is 4.79 Å². The topological polar surface area (TPSA) is 77.6 Å². The second-order valence-electron chi connectivity index (χ2n) is 6.12. The van der Waals surface area contributed by atoms with Crippen molar-refractivity contribution < 1.29 is 4.79 Å². The molecular weight excluding hydrogens is 304 g/mol. The fourth-order valence-electron chi connectivity index (χ4n) is 2.82. The van der Waals surface area contributed by atoms with E-state index in [9.17, 15) is 4.79 Å². The van der Waals surface area contributed by atoms with Crippen LogP contribution < -0.4 is 5.32 Å². The van der Waals surface area contributed by atoms with Crippen molar-refractivity contribution in [2.45, 2.75) is 39.3 Å². The van der Waals surface area contributed by atoms with Gasteiger partial charge in [0.25, 0.3) is 0 Å². The van der Waals surface area contributed by atoms with E-state index < -0.39 is 0 Å². The Kier molecular flexibility index (Phi) is 4.59. The smallest absolute Gasteiger partial charge is 0.220 e. The summed E-state index contributed by atoms with van der Waals surface area (Å²) < 4.78 is 3.99. The Bertz CT molecular complexity index is 848. The van der Waals surface area contributed by atoms with Crippen LogP contribution in [0.4, 0.5) is 0 Å². The van der Waals surface area contributed by atoms with Gasteiger partial charge in [-0.1, -0.05) is 12.1 Å². The van der Waals surface area contributed by atoms with Crippen molar-refractivity contribution in [1.82, 2.24) is 29.6 Å². The van der Waals surface area contributed by atoms with Crippen molar-refractivity contribution >= 4 is 16.9 Å². The van der Waals surface area contributed by atoms with Crippen LogP contribution in [0, 0.1) is 0 Å². The van der Waals surface area contributed by atoms with Crippen LogP contribution in [0.15, 0.2) is 30.6 Å². The summed E-state index contributed by atoms with van der Waals surface area (Å²) in [6.07, 6.45) is 2.59. The van der Waals surface area contributed by atoms with Gasteiger partial charge in [0.2, 0.25) is 5.91 Å². The summed E-state index contributed by atoms with van der Waals surface area (Å²) in [6.45, 7) is 4.66. The molecule has 0 aliphatic carbocycles. The van der Waals surface area contributed by atoms with E-state index in [2.05, 4.69) is 45.0 Å². The van der Waals surface area contributed by atoms with Crippen molar-refractivity contribution in [3.8, 4) is 0 Å². The first-order chi connectivity index (χ1) is 11.6. The lowest BCUT2D eigenvalue weighted by atomic mass is 10.2. The second kappa shape index (κ2) is 6.82. The number of carbonyl (C=O) groups excluding carboxylic acids is 1. The van der Waals surface area contributed by atoms with E-state index in [1.807, 2.05) is 29.8 Å². The molecule has 0 aliphatic heterocycles. The first kappa shape index (κ1) is 16.2. The van der Waals surface area contributed by atoms with Crippen molar-refractivity contribution in [3.63, 3.8) is 0 Å². The fourth-order valence-corrected chi connectivity index (χ4v) is 2.82. The molecule has 2 heterocycles. The van der Waals surface area contributed by atoms with Gasteiger partial charge in [-0.25, -0.2) is 4.98 Å². The van der Waals surface area contributed by atoms with Crippen LogP contribution >= 0.6 is 0 Å². The Morgan fingerprint density at radius 2 is 2.04 bits per heavy atom. The maximum Gasteiger partial charge on any atom is 0.220 e. The molecule has 7 heteroatoms. The molecule has 0 saturated heterocycles. The normalized spacial score (nSPS) is 11.3. The molecule has 0 unspecified atom stereocenters. The maximum atomic E-state index is 12.1. The minimum atomic E-state index is -0.0136. The van der Waals surface area contributed by atoms with Crippen LogP contribution in [0.1, 0.15) is 38.0 Å². The highest BCUT2D eigenvalue weighted by molar-refractivity contribution is 5.77. The van der Waals surface area contributed by atoms with Crippen molar-refractivity contribution in [1.29, 1.82) is 0 Å². The van der Waals surface area contributed by atoms with Gasteiger partial charge in [0.15, 0.2) is 0 Å². The minimum absolute atomic E-state index is 0.0136. The molecule has 1 aromatic carbocycles. The summed E-state index contributed by atoms with van der Waals surface area (Å²) >= 11 is 0. The van der Waals surface area contributed by atoms with Crippen LogP contribution in [0.5, 0.6) is 0 Å². The van der Waals surface area contributed by atoms with Crippen LogP contribution in [0.3, 0.4) is 0 Å². The van der Waals surface area contributed by atoms with E-state index in [1.165, 1.54) is 0 Å². The van der Waals surface area contributed by atoms with Crippen molar-refractivity contribution in [2.75, 3.05) is 0 Å². The molecule has 1 amide bonds. The largest absolute Gasteiger partial charge is 0.349 e. The number of nitrogens with one attached hydrogen (secondary N) is 1. The number of rotatable bonds is 6. The number of amides is 1. The van der Waals surface area contributed by atoms with E-state index >= 15 is 0 Å². The molecule has 7 nitrogen and oxygen atoms in total. The Balaban J connectivity index is 1.66. The average molecular weight is 326 g/mol. The predicted molar refractivity (Wildman–Crippen MR) is 91.3 cm³/mol. The number of hydrogen-bond acceptors (Lipinski definition) is 4. The lowest BCUT2D eigenvalue weighted by molar-refractivity contribution is -0.121. The number of nitrogens with zero attached hydrogens (tertiary/aromatic N) is 5. The predicted octanol–water partition coefficient (Wildman–Crippen LogP) is 1.99. The lowest BCUT2D eigenvalue weighted by Crippen LogP contribution is -2.25. The molecule has 0 fully saturated rings. The molecule has 0 spiro atoms. The van der Waals surface area contributed by atoms with E-state index in [4.69, 9.17) is 0 Å². The zero-order chi connectivity index (χ0) is 17.1. The zero-order valence-corrected chi connectivity index (χ0v) is 14.2. The summed E-state index contributed by atoms with van der Waals surface area (Å²) in [5.74, 6) is 1.66. The summed E-state index contributed by atoms with van der Waals surface area (Å²) in [5.41, 5.74) is 2.05. The maximum absolute atomic E-state index is 12.1. The number of imidazole rings is 1. The molecular formula is C17H22N6O. The number of fused-ring (bicyclic) bond motifs is 1. The Labute approximate surface area is 140 Å². The third-order valence-corrected chi connectivity index (χ3v) is 4.01. The Morgan fingerprint density at radius 3 is 2.75 bits per heavy atom. The molecule has 0 aliphatic rings. The average Bonchev–Trinajstić information content (AvgIpc) is 3.13. The van der Waals surface area contributed by atoms with Gasteiger partial charge in [0, 0.05) is 25.9 Å². The van der Waals surface area contributed by atoms with E-state index in [-0.39, 0.29) is 11.9 Å². The third kappa shape index (κ3) is 3.29. The van der Waals surface area contributed by atoms with Gasteiger partial charge >= 0.3 is 0 Å². The molecule has 3 rings (SSSR count). The van der Waals surface area contributed by atoms with Gasteiger partial charge in [-0.05, 0) is 26.0 Å². The number of para-hydroxylation sites is 2. The zero-order valence-electron chi connectivity index (χ0n) is 14.2. The third-order valence-electron chi connectivity index (χ3n) is 4.01. The monoisotopic (exact) mass is 326 g/mol. The first-order valence-electron chi connectivity index (χ1n) is 8.11. The van der Waals surface area contributed by atoms with Crippen molar-refractivity contribution in [2.24, 2.45) is 7.05 Å². The van der Waals surface area contributed by atoms with Crippen LogP contribution in [-0.4, -0.2) is 30.2 Å². The molecule has 24 heavy (non-hydrogen) atoms. The molecule has 2 aromatic heterocycles. The first-order valence-corrected chi connectivity index (χ1v) is 8.11. The van der Waals surface area contributed by atoms with Crippen LogP contribution in [-0.2, 0) is 24.8 Å². The number of benzene rings is 1. The van der Waals surface area contributed by atoms with Gasteiger partial charge in [-0.2, -0.15) is 0 Å². The highest BCUT2D eigenvalue weighted by Gasteiger charge is 2.14. The Hall–Kier alpha value is -2.70. The molecule has 0 atom stereocenters. The Morgan fingerprint density at radius 1 is 1.25 bits per heavy atom. The second-order valence-corrected chi connectivity index (χ2v) is 6.12. The standard InChI is InChI=1S/C17H22N6O/c1-12(2)23-14-7-5-4-6-13(14)20-16(23)10-18-17(24)9-8-15-21-19-11-22(15)3/h4-7,11-12H,8-10H2,1-3H3,(H,18,24). The highest BCUT2D eigenvalue weighted by Crippen LogP contribution is 2.20. The molecule has 1 N–H and O–H groups in total. The lowest BCUT2D eigenvalue weighted by Gasteiger charge is -2.13. The van der Waals surface area contributed by atoms with Crippen LogP contribution in [0.25, 0.3) is 11.0 Å². The molecule has 0 radical (unpaired) electrons. The summed E-state index contributed by atoms with van der Waals surface area (Å²) in [4.78, 5) is 16.8. The molecule has 3 aromatic rings. The minimum Gasteiger partial charge on any atom is -0.349 e. The van der Waals surface area contributed by atoms with Crippen LogP contribution in [0.2, 0.25) is 0 Å². The van der Waals surface area contributed by atoms with E-state index in [0.717, 1.165) is 22.7 Å². The molecule has 0 saturated carbocycles. The van der Waals surface area contributed by atoms with E-state index in [1.54, 1.807) is 6.33 Å². The number of carbonyl (C=O) groups is 1. The van der Waals surface area contributed by atoms with Gasteiger partial charge < -0.3 is 14.5 Å². The molecule has 126 valence electrons. The highest BCUT2D eigenvalue weighted by atomic mass is 16.1. The summed E-state index contributed by atoms with van der Waals surface area (Å²) in [7, 11) is 1.87. The van der Waals surface area contributed by atoms with Crippen molar-refractivity contribution in [3.05, 3.63) is 42.2 Å². The van der Waals surface area contributed by atoms with Gasteiger partial charge in [-0.15, -0.1) is 10.2 Å². The molecule has 0 bridgehead atoms. The summed E-state index contributed by atoms with van der Waals surface area (Å²) in [6, 6.07) is 8.31. The van der Waals surface area contributed by atoms with Gasteiger partial charge in [0.1, 0.15) is 18.0 Å². The number of aryl methyl sites for hydroxylation is 2. The quantitative estimate of drug-likeness (QED) is 0.751. The SMILES string of the molecule is CC(C)n1c(CNC(=O)CCc2nncn2C)nc2ccccc21. The van der Waals surface area contributed by atoms with E-state index in [0.29, 0.717) is 19.4 Å². The van der Waals surface area contributed by atoms with Gasteiger partial charge in [0.05, 0.1) is 17.6 Å². The summed E-state index contributed by atoms with van der Waals surface area (Å²) in [5, 5.41) is 10.8. The fraction of sp³-hybridized carbons (Fsp3) is 0.412. The number of aromatic nitrogens is 5. The number of hydrogen-bond donors (Lipinski definition) is 1.